The first kappa shape index (κ1) is 20.2. The standard InChI is InChI=1S/C20H24N4O3S/c1-14(2)20(25)24-13-17(12-22-28(26,27)23(3)4)18-6-5-16(11-19(18)24)15-7-9-21-10-8-15/h5-11,13-14,22H,12H2,1-4H3. The normalized spacial score (nSPS) is 12.2. The predicted molar refractivity (Wildman–Crippen MR) is 110 cm³/mol. The van der Waals surface area contributed by atoms with Crippen molar-refractivity contribution >= 4 is 27.0 Å². The van der Waals surface area contributed by atoms with Crippen LogP contribution in [0.15, 0.2) is 48.9 Å². The molecule has 0 spiro atoms. The van der Waals surface area contributed by atoms with Crippen LogP contribution in [0.25, 0.3) is 22.0 Å². The highest BCUT2D eigenvalue weighted by molar-refractivity contribution is 7.87. The SMILES string of the molecule is CC(C)C(=O)n1cc(CNS(=O)(=O)N(C)C)c2ccc(-c3ccncc3)cc21. The Morgan fingerprint density at radius 2 is 1.82 bits per heavy atom. The third kappa shape index (κ3) is 3.99. The highest BCUT2D eigenvalue weighted by Crippen LogP contribution is 2.28. The summed E-state index contributed by atoms with van der Waals surface area (Å²) in [6, 6.07) is 9.66. The summed E-state index contributed by atoms with van der Waals surface area (Å²) in [6.45, 7) is 3.79. The third-order valence-corrected chi connectivity index (χ3v) is 6.03. The van der Waals surface area contributed by atoms with Crippen LogP contribution < -0.4 is 4.72 Å². The Morgan fingerprint density at radius 3 is 2.43 bits per heavy atom. The van der Waals surface area contributed by atoms with Crippen LogP contribution in [-0.2, 0) is 16.8 Å². The van der Waals surface area contributed by atoms with Gasteiger partial charge in [-0.2, -0.15) is 17.4 Å². The number of hydrogen-bond donors (Lipinski definition) is 1. The molecular formula is C20H24N4O3S. The first-order chi connectivity index (χ1) is 13.2. The maximum absolute atomic E-state index is 12.7. The van der Waals surface area contributed by atoms with Gasteiger partial charge in [0.15, 0.2) is 0 Å². The van der Waals surface area contributed by atoms with Gasteiger partial charge in [-0.1, -0.05) is 26.0 Å². The van der Waals surface area contributed by atoms with Crippen molar-refractivity contribution in [3.8, 4) is 11.1 Å². The monoisotopic (exact) mass is 400 g/mol. The molecule has 28 heavy (non-hydrogen) atoms. The fourth-order valence-electron chi connectivity index (χ4n) is 2.92. The fraction of sp³-hybridized carbons (Fsp3) is 0.300. The van der Waals surface area contributed by atoms with Crippen molar-refractivity contribution in [3.05, 3.63) is 54.5 Å². The van der Waals surface area contributed by atoms with Crippen molar-refractivity contribution < 1.29 is 13.2 Å². The van der Waals surface area contributed by atoms with E-state index in [0.717, 1.165) is 31.9 Å². The van der Waals surface area contributed by atoms with Crippen LogP contribution in [0.1, 0.15) is 24.2 Å². The number of nitrogens with one attached hydrogen (secondary N) is 1. The summed E-state index contributed by atoms with van der Waals surface area (Å²) in [4.78, 5) is 16.8. The molecule has 3 rings (SSSR count). The summed E-state index contributed by atoms with van der Waals surface area (Å²) in [6.07, 6.45) is 5.17. The average Bonchev–Trinajstić information content (AvgIpc) is 3.04. The number of pyridine rings is 1. The Morgan fingerprint density at radius 1 is 1.14 bits per heavy atom. The van der Waals surface area contributed by atoms with Gasteiger partial charge in [-0.3, -0.25) is 14.3 Å². The van der Waals surface area contributed by atoms with E-state index in [9.17, 15) is 13.2 Å². The molecule has 1 N–H and O–H groups in total. The molecule has 0 radical (unpaired) electrons. The number of nitrogens with zero attached hydrogens (tertiary/aromatic N) is 3. The van der Waals surface area contributed by atoms with E-state index in [1.165, 1.54) is 14.1 Å². The van der Waals surface area contributed by atoms with Crippen LogP contribution in [0.3, 0.4) is 0 Å². The second-order valence-corrected chi connectivity index (χ2v) is 9.06. The minimum atomic E-state index is -3.56. The number of aromatic nitrogens is 2. The van der Waals surface area contributed by atoms with Gasteiger partial charge in [-0.05, 0) is 34.9 Å². The molecule has 7 nitrogen and oxygen atoms in total. The summed E-state index contributed by atoms with van der Waals surface area (Å²) in [5.41, 5.74) is 3.46. The molecule has 0 aliphatic carbocycles. The highest BCUT2D eigenvalue weighted by Gasteiger charge is 2.19. The Bertz CT molecular complexity index is 1100. The highest BCUT2D eigenvalue weighted by atomic mass is 32.2. The molecule has 0 unspecified atom stereocenters. The lowest BCUT2D eigenvalue weighted by molar-refractivity contribution is 0.0860. The molecule has 0 saturated heterocycles. The lowest BCUT2D eigenvalue weighted by Gasteiger charge is -2.11. The number of fused-ring (bicyclic) bond motifs is 1. The van der Waals surface area contributed by atoms with Crippen LogP contribution in [0.4, 0.5) is 0 Å². The van der Waals surface area contributed by atoms with E-state index in [-0.39, 0.29) is 18.4 Å². The Kier molecular flexibility index (Phi) is 5.64. The summed E-state index contributed by atoms with van der Waals surface area (Å²) in [7, 11) is -0.627. The Labute approximate surface area is 165 Å². The second-order valence-electron chi connectivity index (χ2n) is 7.09. The van der Waals surface area contributed by atoms with Crippen molar-refractivity contribution in [3.63, 3.8) is 0 Å². The molecule has 0 atom stereocenters. The molecule has 2 aromatic heterocycles. The number of carbonyl (C=O) groups is 1. The van der Waals surface area contributed by atoms with Crippen molar-refractivity contribution in [1.82, 2.24) is 18.6 Å². The van der Waals surface area contributed by atoms with Crippen LogP contribution in [0, 0.1) is 5.92 Å². The van der Waals surface area contributed by atoms with E-state index in [1.807, 2.05) is 44.2 Å². The van der Waals surface area contributed by atoms with Crippen molar-refractivity contribution in [2.45, 2.75) is 20.4 Å². The lowest BCUT2D eigenvalue weighted by atomic mass is 10.0. The summed E-state index contributed by atoms with van der Waals surface area (Å²) in [5, 5.41) is 0.841. The average molecular weight is 401 g/mol. The van der Waals surface area contributed by atoms with Crippen LogP contribution in [-0.4, -0.2) is 42.3 Å². The molecule has 2 heterocycles. The molecule has 0 fully saturated rings. The maximum atomic E-state index is 12.7. The van der Waals surface area contributed by atoms with Gasteiger partial charge in [0.1, 0.15) is 0 Å². The van der Waals surface area contributed by atoms with Gasteiger partial charge in [0.2, 0.25) is 5.91 Å². The predicted octanol–water partition coefficient (Wildman–Crippen LogP) is 2.90. The quantitative estimate of drug-likeness (QED) is 0.690. The molecule has 3 aromatic rings. The van der Waals surface area contributed by atoms with Gasteiger partial charge in [0.25, 0.3) is 10.2 Å². The molecule has 0 aliphatic rings. The molecule has 148 valence electrons. The first-order valence-corrected chi connectivity index (χ1v) is 10.4. The smallest absolute Gasteiger partial charge is 0.279 e. The van der Waals surface area contributed by atoms with Gasteiger partial charge < -0.3 is 0 Å². The lowest BCUT2D eigenvalue weighted by Crippen LogP contribution is -2.35. The number of benzene rings is 1. The molecule has 0 aliphatic heterocycles. The van der Waals surface area contributed by atoms with E-state index in [1.54, 1.807) is 23.2 Å². The van der Waals surface area contributed by atoms with Crippen LogP contribution in [0.5, 0.6) is 0 Å². The summed E-state index contributed by atoms with van der Waals surface area (Å²) >= 11 is 0. The van der Waals surface area contributed by atoms with Gasteiger partial charge in [-0.15, -0.1) is 0 Å². The van der Waals surface area contributed by atoms with Gasteiger partial charge in [0.05, 0.1) is 5.52 Å². The van der Waals surface area contributed by atoms with E-state index in [2.05, 4.69) is 9.71 Å². The number of hydrogen-bond acceptors (Lipinski definition) is 4. The van der Waals surface area contributed by atoms with E-state index >= 15 is 0 Å². The molecule has 0 bridgehead atoms. The van der Waals surface area contributed by atoms with E-state index < -0.39 is 10.2 Å². The van der Waals surface area contributed by atoms with Crippen molar-refractivity contribution in [2.75, 3.05) is 14.1 Å². The van der Waals surface area contributed by atoms with Gasteiger partial charge in [0, 0.05) is 50.5 Å². The molecule has 0 amide bonds. The number of rotatable bonds is 6. The number of carbonyl (C=O) groups excluding carboxylic acids is 1. The second kappa shape index (κ2) is 7.83. The van der Waals surface area contributed by atoms with Crippen LogP contribution in [0.2, 0.25) is 0 Å². The maximum Gasteiger partial charge on any atom is 0.279 e. The summed E-state index contributed by atoms with van der Waals surface area (Å²) < 4.78 is 29.4. The zero-order valence-corrected chi connectivity index (χ0v) is 17.2. The molecule has 1 aromatic carbocycles. The zero-order valence-electron chi connectivity index (χ0n) is 16.4. The van der Waals surface area contributed by atoms with Gasteiger partial charge >= 0.3 is 0 Å². The fourth-order valence-corrected chi connectivity index (χ4v) is 3.52. The molecule has 8 heteroatoms. The van der Waals surface area contributed by atoms with E-state index in [4.69, 9.17) is 0 Å². The van der Waals surface area contributed by atoms with Crippen molar-refractivity contribution in [2.24, 2.45) is 5.92 Å². The minimum Gasteiger partial charge on any atom is -0.287 e. The third-order valence-electron chi connectivity index (χ3n) is 4.56. The van der Waals surface area contributed by atoms with E-state index in [0.29, 0.717) is 0 Å². The first-order valence-electron chi connectivity index (χ1n) is 8.96. The topological polar surface area (TPSA) is 84.3 Å². The Hall–Kier alpha value is -2.55. The molecular weight excluding hydrogens is 376 g/mol. The minimum absolute atomic E-state index is 0.0430. The summed E-state index contributed by atoms with van der Waals surface area (Å²) in [5.74, 6) is -0.231. The zero-order chi connectivity index (χ0) is 20.5. The van der Waals surface area contributed by atoms with Crippen LogP contribution >= 0.6 is 0 Å². The van der Waals surface area contributed by atoms with Gasteiger partial charge in [-0.25, -0.2) is 0 Å². The largest absolute Gasteiger partial charge is 0.287 e. The molecule has 0 saturated carbocycles. The van der Waals surface area contributed by atoms with Crippen molar-refractivity contribution in [1.29, 1.82) is 0 Å². The Balaban J connectivity index is 2.09.